The van der Waals surface area contributed by atoms with Gasteiger partial charge in [-0.05, 0) is 46.8 Å². The summed E-state index contributed by atoms with van der Waals surface area (Å²) in [5, 5.41) is 3.39. The van der Waals surface area contributed by atoms with Gasteiger partial charge in [0.1, 0.15) is 0 Å². The summed E-state index contributed by atoms with van der Waals surface area (Å²) in [4.78, 5) is 11.3. The van der Waals surface area contributed by atoms with E-state index in [4.69, 9.17) is 11.5 Å². The smallest absolute Gasteiger partial charge is 0.250 e. The Morgan fingerprint density at radius 1 is 1.32 bits per heavy atom. The fraction of sp³-hybridized carbons (Fsp3) is 0.500. The quantitative estimate of drug-likeness (QED) is 0.744. The molecule has 19 heavy (non-hydrogen) atoms. The molecule has 104 valence electrons. The molecule has 0 atom stereocenters. The largest absolute Gasteiger partial charge is 0.398 e. The lowest BCUT2D eigenvalue weighted by Gasteiger charge is -2.23. The van der Waals surface area contributed by atoms with Crippen molar-refractivity contribution in [3.8, 4) is 0 Å². The predicted octanol–water partition coefficient (Wildman–Crippen LogP) is 3.12. The first-order chi connectivity index (χ1) is 9.08. The summed E-state index contributed by atoms with van der Waals surface area (Å²) < 4.78 is 0.866. The first kappa shape index (κ1) is 14.2. The molecule has 0 unspecified atom stereocenters. The van der Waals surface area contributed by atoms with Gasteiger partial charge in [0.2, 0.25) is 0 Å². The van der Waals surface area contributed by atoms with Gasteiger partial charge < -0.3 is 16.8 Å². The van der Waals surface area contributed by atoms with Gasteiger partial charge in [0, 0.05) is 22.4 Å². The monoisotopic (exact) mass is 325 g/mol. The molecule has 4 nitrogen and oxygen atoms in total. The molecule has 0 spiro atoms. The molecule has 1 saturated carbocycles. The van der Waals surface area contributed by atoms with Crippen LogP contribution in [0, 0.1) is 5.92 Å². The van der Waals surface area contributed by atoms with Crippen LogP contribution in [0.5, 0.6) is 0 Å². The van der Waals surface area contributed by atoms with Crippen molar-refractivity contribution in [1.82, 2.24) is 0 Å². The summed E-state index contributed by atoms with van der Waals surface area (Å²) in [7, 11) is 0. The second-order valence-corrected chi connectivity index (χ2v) is 6.02. The molecule has 1 aliphatic rings. The molecule has 1 amide bonds. The molecule has 2 rings (SSSR count). The number of carbonyl (C=O) groups is 1. The fourth-order valence-corrected chi connectivity index (χ4v) is 3.08. The number of nitrogens with one attached hydrogen (secondary N) is 1. The summed E-state index contributed by atoms with van der Waals surface area (Å²) in [6.45, 7) is 0.931. The van der Waals surface area contributed by atoms with Crippen LogP contribution in [-0.4, -0.2) is 12.5 Å². The number of rotatable bonds is 4. The SMILES string of the molecule is NC(=O)c1cc(NCC2CCCCC2)c(Br)cc1N. The predicted molar refractivity (Wildman–Crippen MR) is 82.1 cm³/mol. The lowest BCUT2D eigenvalue weighted by molar-refractivity contribution is 0.100. The van der Waals surface area contributed by atoms with Crippen molar-refractivity contribution in [1.29, 1.82) is 0 Å². The van der Waals surface area contributed by atoms with Crippen LogP contribution in [-0.2, 0) is 0 Å². The van der Waals surface area contributed by atoms with Crippen molar-refractivity contribution >= 4 is 33.2 Å². The van der Waals surface area contributed by atoms with Crippen LogP contribution < -0.4 is 16.8 Å². The average molecular weight is 326 g/mol. The maximum atomic E-state index is 11.3. The minimum Gasteiger partial charge on any atom is -0.398 e. The zero-order valence-electron chi connectivity index (χ0n) is 10.9. The molecule has 0 saturated heterocycles. The third-order valence-electron chi connectivity index (χ3n) is 3.71. The van der Waals surface area contributed by atoms with E-state index >= 15 is 0 Å². The van der Waals surface area contributed by atoms with E-state index in [1.807, 2.05) is 0 Å². The number of benzene rings is 1. The average Bonchev–Trinajstić information content (AvgIpc) is 2.38. The third-order valence-corrected chi connectivity index (χ3v) is 4.37. The Bertz CT molecular complexity index is 470. The van der Waals surface area contributed by atoms with E-state index in [0.717, 1.165) is 22.6 Å². The van der Waals surface area contributed by atoms with Gasteiger partial charge in [-0.15, -0.1) is 0 Å². The molecule has 5 N–H and O–H groups in total. The highest BCUT2D eigenvalue weighted by Gasteiger charge is 2.15. The first-order valence-corrected chi connectivity index (χ1v) is 7.50. The Labute approximate surface area is 122 Å². The van der Waals surface area contributed by atoms with Crippen molar-refractivity contribution in [2.24, 2.45) is 11.7 Å². The summed E-state index contributed by atoms with van der Waals surface area (Å²) in [6, 6.07) is 3.45. The zero-order valence-corrected chi connectivity index (χ0v) is 12.5. The maximum Gasteiger partial charge on any atom is 0.250 e. The molecule has 1 fully saturated rings. The number of carbonyl (C=O) groups excluding carboxylic acids is 1. The van der Waals surface area contributed by atoms with E-state index in [0.29, 0.717) is 11.3 Å². The number of hydrogen-bond donors (Lipinski definition) is 3. The van der Waals surface area contributed by atoms with Crippen LogP contribution in [0.3, 0.4) is 0 Å². The number of halogens is 1. The normalized spacial score (nSPS) is 16.3. The Kier molecular flexibility index (Phi) is 4.69. The minimum atomic E-state index is -0.495. The Morgan fingerprint density at radius 2 is 2.00 bits per heavy atom. The highest BCUT2D eigenvalue weighted by Crippen LogP contribution is 2.30. The standard InChI is InChI=1S/C14H20BrN3O/c15-11-7-12(16)10(14(17)19)6-13(11)18-8-9-4-2-1-3-5-9/h6-7,9,18H,1-5,8,16H2,(H2,17,19). The number of hydrogen-bond acceptors (Lipinski definition) is 3. The van der Waals surface area contributed by atoms with E-state index in [-0.39, 0.29) is 0 Å². The van der Waals surface area contributed by atoms with Gasteiger partial charge in [-0.1, -0.05) is 19.3 Å². The lowest BCUT2D eigenvalue weighted by atomic mass is 9.89. The molecule has 1 aromatic rings. The van der Waals surface area contributed by atoms with Gasteiger partial charge in [0.05, 0.1) is 5.56 Å². The first-order valence-electron chi connectivity index (χ1n) is 6.70. The number of nitrogen functional groups attached to an aromatic ring is 1. The minimum absolute atomic E-state index is 0.370. The molecular weight excluding hydrogens is 306 g/mol. The molecule has 0 heterocycles. The van der Waals surface area contributed by atoms with E-state index in [2.05, 4.69) is 21.2 Å². The van der Waals surface area contributed by atoms with Crippen LogP contribution in [0.2, 0.25) is 0 Å². The topological polar surface area (TPSA) is 81.1 Å². The molecule has 0 aromatic heterocycles. The highest BCUT2D eigenvalue weighted by molar-refractivity contribution is 9.10. The fourth-order valence-electron chi connectivity index (χ4n) is 2.58. The van der Waals surface area contributed by atoms with Crippen LogP contribution in [0.25, 0.3) is 0 Å². The number of amides is 1. The summed E-state index contributed by atoms with van der Waals surface area (Å²) in [5.41, 5.74) is 12.7. The molecule has 1 aromatic carbocycles. The molecule has 5 heteroatoms. The Balaban J connectivity index is 2.06. The molecule has 1 aliphatic carbocycles. The van der Waals surface area contributed by atoms with Crippen LogP contribution in [0.4, 0.5) is 11.4 Å². The molecular formula is C14H20BrN3O. The molecule has 0 radical (unpaired) electrons. The number of primary amides is 1. The van der Waals surface area contributed by atoms with Gasteiger partial charge >= 0.3 is 0 Å². The van der Waals surface area contributed by atoms with Crippen molar-refractivity contribution in [2.45, 2.75) is 32.1 Å². The van der Waals surface area contributed by atoms with Gasteiger partial charge in [-0.25, -0.2) is 0 Å². The van der Waals surface area contributed by atoms with Crippen molar-refractivity contribution < 1.29 is 4.79 Å². The second-order valence-electron chi connectivity index (χ2n) is 5.17. The molecule has 0 bridgehead atoms. The van der Waals surface area contributed by atoms with Gasteiger partial charge in [0.25, 0.3) is 5.91 Å². The van der Waals surface area contributed by atoms with Gasteiger partial charge in [0.15, 0.2) is 0 Å². The van der Waals surface area contributed by atoms with Crippen molar-refractivity contribution in [2.75, 3.05) is 17.6 Å². The van der Waals surface area contributed by atoms with Crippen LogP contribution in [0.15, 0.2) is 16.6 Å². The van der Waals surface area contributed by atoms with E-state index in [1.54, 1.807) is 12.1 Å². The highest BCUT2D eigenvalue weighted by atomic mass is 79.9. The van der Waals surface area contributed by atoms with Crippen molar-refractivity contribution in [3.63, 3.8) is 0 Å². The van der Waals surface area contributed by atoms with Crippen LogP contribution in [0.1, 0.15) is 42.5 Å². The van der Waals surface area contributed by atoms with Crippen molar-refractivity contribution in [3.05, 3.63) is 22.2 Å². The van der Waals surface area contributed by atoms with E-state index in [9.17, 15) is 4.79 Å². The maximum absolute atomic E-state index is 11.3. The van der Waals surface area contributed by atoms with Crippen LogP contribution >= 0.6 is 15.9 Å². The second kappa shape index (κ2) is 6.28. The summed E-state index contributed by atoms with van der Waals surface area (Å²) in [5.74, 6) is 0.223. The lowest BCUT2D eigenvalue weighted by Crippen LogP contribution is -2.18. The Hall–Kier alpha value is -1.23. The summed E-state index contributed by atoms with van der Waals surface area (Å²) in [6.07, 6.45) is 6.56. The van der Waals surface area contributed by atoms with Gasteiger partial charge in [-0.2, -0.15) is 0 Å². The number of anilines is 2. The van der Waals surface area contributed by atoms with E-state index < -0.39 is 5.91 Å². The summed E-state index contributed by atoms with van der Waals surface area (Å²) >= 11 is 3.46. The van der Waals surface area contributed by atoms with Gasteiger partial charge in [-0.3, -0.25) is 4.79 Å². The van der Waals surface area contributed by atoms with E-state index in [1.165, 1.54) is 32.1 Å². The molecule has 0 aliphatic heterocycles. The Morgan fingerprint density at radius 3 is 2.63 bits per heavy atom. The zero-order chi connectivity index (χ0) is 13.8. The number of nitrogens with two attached hydrogens (primary N) is 2. The third kappa shape index (κ3) is 3.62.